The second-order valence-electron chi connectivity index (χ2n) is 6.37. The molecule has 2 aromatic rings. The van der Waals surface area contributed by atoms with Crippen LogP contribution in [0.3, 0.4) is 0 Å². The number of hydrogen-bond acceptors (Lipinski definition) is 3. The normalized spacial score (nSPS) is 19.8. The van der Waals surface area contributed by atoms with Gasteiger partial charge in [0.05, 0.1) is 12.1 Å². The third kappa shape index (κ3) is 3.29. The first-order valence-corrected chi connectivity index (χ1v) is 8.12. The molecule has 0 bridgehead atoms. The van der Waals surface area contributed by atoms with Gasteiger partial charge in [-0.3, -0.25) is 14.5 Å². The molecule has 0 aliphatic carbocycles. The smallest absolute Gasteiger partial charge is 0.237 e. The van der Waals surface area contributed by atoms with E-state index in [1.165, 1.54) is 6.92 Å². The molecule has 2 N–H and O–H groups in total. The number of para-hydroxylation sites is 1. The monoisotopic (exact) mass is 313 g/mol. The van der Waals surface area contributed by atoms with Gasteiger partial charge in [-0.15, -0.1) is 0 Å². The van der Waals surface area contributed by atoms with Gasteiger partial charge in [-0.1, -0.05) is 18.2 Å². The van der Waals surface area contributed by atoms with Crippen LogP contribution in [0.2, 0.25) is 0 Å². The number of likely N-dealkylation sites (N-methyl/N-ethyl adjacent to an activating group) is 1. The molecule has 5 heteroatoms. The summed E-state index contributed by atoms with van der Waals surface area (Å²) in [5.74, 6) is -0.0469. The molecule has 2 heterocycles. The van der Waals surface area contributed by atoms with Crippen LogP contribution in [0, 0.1) is 0 Å². The molecular formula is C18H23N3O2. The molecule has 1 saturated heterocycles. The predicted octanol–water partition coefficient (Wildman–Crippen LogP) is 1.88. The zero-order valence-electron chi connectivity index (χ0n) is 13.6. The van der Waals surface area contributed by atoms with Crippen molar-refractivity contribution >= 4 is 22.6 Å². The van der Waals surface area contributed by atoms with Crippen LogP contribution in [-0.4, -0.2) is 47.3 Å². The molecule has 0 unspecified atom stereocenters. The largest absolute Gasteiger partial charge is 0.361 e. The van der Waals surface area contributed by atoms with E-state index < -0.39 is 6.04 Å². The molecule has 23 heavy (non-hydrogen) atoms. The van der Waals surface area contributed by atoms with Crippen molar-refractivity contribution in [1.29, 1.82) is 0 Å². The minimum atomic E-state index is -0.476. The van der Waals surface area contributed by atoms with Crippen LogP contribution in [-0.2, 0) is 16.0 Å². The van der Waals surface area contributed by atoms with Gasteiger partial charge in [0, 0.05) is 23.5 Å². The van der Waals surface area contributed by atoms with Crippen molar-refractivity contribution in [1.82, 2.24) is 15.2 Å². The number of aromatic amines is 1. The first-order chi connectivity index (χ1) is 11.1. The zero-order chi connectivity index (χ0) is 16.4. The Labute approximate surface area is 136 Å². The van der Waals surface area contributed by atoms with Gasteiger partial charge in [0.2, 0.25) is 5.91 Å². The maximum atomic E-state index is 12.4. The number of rotatable bonds is 5. The van der Waals surface area contributed by atoms with Crippen molar-refractivity contribution in [3.8, 4) is 0 Å². The Morgan fingerprint density at radius 3 is 2.87 bits per heavy atom. The highest BCUT2D eigenvalue weighted by atomic mass is 16.2. The van der Waals surface area contributed by atoms with Crippen LogP contribution < -0.4 is 5.32 Å². The van der Waals surface area contributed by atoms with E-state index in [-0.39, 0.29) is 17.7 Å². The molecule has 1 aliphatic rings. The van der Waals surface area contributed by atoms with Crippen molar-refractivity contribution in [2.75, 3.05) is 13.6 Å². The van der Waals surface area contributed by atoms with Crippen molar-refractivity contribution in [2.24, 2.45) is 0 Å². The number of Topliss-reactive ketones (excluding diaryl/α,β-unsaturated/α-hetero) is 1. The molecule has 1 amide bonds. The number of carbonyl (C=O) groups is 2. The average Bonchev–Trinajstić information content (AvgIpc) is 3.13. The number of nitrogens with zero attached hydrogens (tertiary/aromatic N) is 1. The van der Waals surface area contributed by atoms with Crippen LogP contribution in [0.4, 0.5) is 0 Å². The molecular weight excluding hydrogens is 290 g/mol. The number of aromatic nitrogens is 1. The van der Waals surface area contributed by atoms with Crippen molar-refractivity contribution in [3.63, 3.8) is 0 Å². The summed E-state index contributed by atoms with van der Waals surface area (Å²) in [4.78, 5) is 29.7. The third-order valence-electron chi connectivity index (χ3n) is 4.73. The quantitative estimate of drug-likeness (QED) is 0.886. The lowest BCUT2D eigenvalue weighted by Crippen LogP contribution is -2.48. The minimum Gasteiger partial charge on any atom is -0.361 e. The summed E-state index contributed by atoms with van der Waals surface area (Å²) < 4.78 is 0. The Bertz CT molecular complexity index is 722. The molecule has 1 aliphatic heterocycles. The van der Waals surface area contributed by atoms with E-state index in [4.69, 9.17) is 0 Å². The van der Waals surface area contributed by atoms with Gasteiger partial charge in [0.15, 0.2) is 5.78 Å². The zero-order valence-corrected chi connectivity index (χ0v) is 13.6. The Balaban J connectivity index is 1.74. The Kier molecular flexibility index (Phi) is 4.48. The number of hydrogen-bond donors (Lipinski definition) is 2. The Morgan fingerprint density at radius 2 is 2.17 bits per heavy atom. The van der Waals surface area contributed by atoms with Crippen LogP contribution in [0.15, 0.2) is 30.5 Å². The summed E-state index contributed by atoms with van der Waals surface area (Å²) in [5.41, 5.74) is 2.10. The van der Waals surface area contributed by atoms with E-state index >= 15 is 0 Å². The lowest BCUT2D eigenvalue weighted by Gasteiger charge is -2.22. The van der Waals surface area contributed by atoms with E-state index in [1.807, 2.05) is 37.5 Å². The number of benzene rings is 1. The van der Waals surface area contributed by atoms with Crippen molar-refractivity contribution in [3.05, 3.63) is 36.0 Å². The topological polar surface area (TPSA) is 65.2 Å². The molecule has 2 atom stereocenters. The average molecular weight is 313 g/mol. The summed E-state index contributed by atoms with van der Waals surface area (Å²) >= 11 is 0. The number of fused-ring (bicyclic) bond motifs is 1. The highest BCUT2D eigenvalue weighted by Gasteiger charge is 2.30. The van der Waals surface area contributed by atoms with E-state index in [1.54, 1.807) is 0 Å². The summed E-state index contributed by atoms with van der Waals surface area (Å²) in [5, 5.41) is 4.05. The first-order valence-electron chi connectivity index (χ1n) is 8.12. The molecule has 3 rings (SSSR count). The molecule has 1 aromatic heterocycles. The predicted molar refractivity (Wildman–Crippen MR) is 90.3 cm³/mol. The van der Waals surface area contributed by atoms with Gasteiger partial charge in [0.25, 0.3) is 0 Å². The Hall–Kier alpha value is -2.14. The number of carbonyl (C=O) groups excluding carboxylic acids is 2. The van der Waals surface area contributed by atoms with Gasteiger partial charge >= 0.3 is 0 Å². The van der Waals surface area contributed by atoms with Gasteiger partial charge in [-0.05, 0) is 45.0 Å². The number of ketones is 1. The van der Waals surface area contributed by atoms with E-state index in [2.05, 4.69) is 15.2 Å². The molecule has 0 saturated carbocycles. The lowest BCUT2D eigenvalue weighted by molar-refractivity contribution is -0.129. The maximum Gasteiger partial charge on any atom is 0.237 e. The first kappa shape index (κ1) is 15.7. The van der Waals surface area contributed by atoms with Crippen LogP contribution in [0.5, 0.6) is 0 Å². The maximum absolute atomic E-state index is 12.4. The van der Waals surface area contributed by atoms with E-state index in [0.717, 1.165) is 35.9 Å². The van der Waals surface area contributed by atoms with Crippen molar-refractivity contribution < 1.29 is 9.59 Å². The fourth-order valence-corrected chi connectivity index (χ4v) is 3.33. The molecule has 1 fully saturated rings. The minimum absolute atomic E-state index is 0.00992. The molecule has 0 radical (unpaired) electrons. The summed E-state index contributed by atoms with van der Waals surface area (Å²) in [6.07, 6.45) is 4.33. The third-order valence-corrected chi connectivity index (χ3v) is 4.73. The summed E-state index contributed by atoms with van der Waals surface area (Å²) in [6, 6.07) is 7.41. The lowest BCUT2D eigenvalue weighted by atomic mass is 10.0. The highest BCUT2D eigenvalue weighted by Crippen LogP contribution is 2.20. The summed E-state index contributed by atoms with van der Waals surface area (Å²) in [6.45, 7) is 2.48. The molecule has 122 valence electrons. The highest BCUT2D eigenvalue weighted by molar-refractivity contribution is 5.91. The second-order valence-corrected chi connectivity index (χ2v) is 6.37. The van der Waals surface area contributed by atoms with Gasteiger partial charge in [-0.2, -0.15) is 0 Å². The number of nitrogens with one attached hydrogen (secondary N) is 2. The number of H-pyrrole nitrogens is 1. The summed E-state index contributed by atoms with van der Waals surface area (Å²) in [7, 11) is 1.96. The van der Waals surface area contributed by atoms with E-state index in [0.29, 0.717) is 6.42 Å². The molecule has 1 aromatic carbocycles. The standard InChI is InChI=1S/C18H23N3O2/c1-12(22)16(20-18(23)17-8-5-9-21(17)2)10-13-11-19-15-7-4-3-6-14(13)15/h3-4,6-7,11,16-17,19H,5,8-10H2,1-2H3,(H,20,23)/t16-,17-/m0/s1. The number of amides is 1. The van der Waals surface area contributed by atoms with Gasteiger partial charge in [-0.25, -0.2) is 0 Å². The Morgan fingerprint density at radius 1 is 1.39 bits per heavy atom. The second kappa shape index (κ2) is 6.54. The molecule has 5 nitrogen and oxygen atoms in total. The van der Waals surface area contributed by atoms with Gasteiger partial charge in [0.1, 0.15) is 0 Å². The fourth-order valence-electron chi connectivity index (χ4n) is 3.33. The van der Waals surface area contributed by atoms with Gasteiger partial charge < -0.3 is 10.3 Å². The van der Waals surface area contributed by atoms with Crippen LogP contribution >= 0.6 is 0 Å². The van der Waals surface area contributed by atoms with E-state index in [9.17, 15) is 9.59 Å². The van der Waals surface area contributed by atoms with Crippen LogP contribution in [0.25, 0.3) is 10.9 Å². The SMILES string of the molecule is CC(=O)[C@H](Cc1c[nH]c2ccccc12)NC(=O)[C@@H]1CCCN1C. The van der Waals surface area contributed by atoms with Crippen LogP contribution in [0.1, 0.15) is 25.3 Å². The fraction of sp³-hybridized carbons (Fsp3) is 0.444. The van der Waals surface area contributed by atoms with Crippen molar-refractivity contribution in [2.45, 2.75) is 38.3 Å². The molecule has 0 spiro atoms. The number of likely N-dealkylation sites (tertiary alicyclic amines) is 1.